The van der Waals surface area contributed by atoms with E-state index in [1.165, 1.54) is 22.4 Å². The molecule has 0 unspecified atom stereocenters. The van der Waals surface area contributed by atoms with Crippen LogP contribution in [-0.2, 0) is 13.1 Å². The Morgan fingerprint density at radius 3 is 2.40 bits per heavy atom. The molecule has 2 heteroatoms. The molecule has 2 aromatic rings. The summed E-state index contributed by atoms with van der Waals surface area (Å²) in [6.45, 7) is 6.96. The van der Waals surface area contributed by atoms with Crippen LogP contribution in [0.1, 0.15) is 30.0 Å². The van der Waals surface area contributed by atoms with E-state index in [-0.39, 0.29) is 0 Å². The first kappa shape index (κ1) is 14.6. The average Bonchev–Trinajstić information content (AvgIpc) is 2.47. The van der Waals surface area contributed by atoms with Crippen LogP contribution in [-0.4, -0.2) is 6.54 Å². The Morgan fingerprint density at radius 1 is 1.00 bits per heavy atom. The first-order valence-electron chi connectivity index (χ1n) is 7.33. The van der Waals surface area contributed by atoms with Gasteiger partial charge in [-0.2, -0.15) is 0 Å². The van der Waals surface area contributed by atoms with Crippen molar-refractivity contribution in [3.8, 4) is 0 Å². The van der Waals surface area contributed by atoms with E-state index in [1.807, 2.05) is 0 Å². The number of nitrogens with zero attached hydrogens (tertiary/aromatic N) is 1. The summed E-state index contributed by atoms with van der Waals surface area (Å²) in [6, 6.07) is 17.0. The van der Waals surface area contributed by atoms with Crippen molar-refractivity contribution in [2.24, 2.45) is 5.73 Å². The van der Waals surface area contributed by atoms with Gasteiger partial charge in [0.15, 0.2) is 0 Å². The Balaban J connectivity index is 2.33. The van der Waals surface area contributed by atoms with E-state index in [2.05, 4.69) is 67.3 Å². The molecule has 0 aromatic heterocycles. The molecule has 20 heavy (non-hydrogen) atoms. The molecule has 0 spiro atoms. The summed E-state index contributed by atoms with van der Waals surface area (Å²) in [7, 11) is 0. The number of benzene rings is 2. The van der Waals surface area contributed by atoms with Crippen molar-refractivity contribution in [2.75, 3.05) is 11.4 Å². The Labute approximate surface area is 122 Å². The minimum Gasteiger partial charge on any atom is -0.367 e. The summed E-state index contributed by atoms with van der Waals surface area (Å²) in [4.78, 5) is 2.45. The second-order valence-electron chi connectivity index (χ2n) is 5.19. The highest BCUT2D eigenvalue weighted by molar-refractivity contribution is 5.59. The Bertz CT molecular complexity index is 534. The highest BCUT2D eigenvalue weighted by Crippen LogP contribution is 2.26. The zero-order valence-corrected chi connectivity index (χ0v) is 12.5. The second kappa shape index (κ2) is 7.11. The summed E-state index contributed by atoms with van der Waals surface area (Å²) >= 11 is 0. The number of hydrogen-bond donors (Lipinski definition) is 1. The quantitative estimate of drug-likeness (QED) is 0.861. The first-order chi connectivity index (χ1) is 9.76. The number of aryl methyl sites for hydroxylation is 1. The Morgan fingerprint density at radius 2 is 1.75 bits per heavy atom. The van der Waals surface area contributed by atoms with Crippen LogP contribution < -0.4 is 10.6 Å². The van der Waals surface area contributed by atoms with Gasteiger partial charge >= 0.3 is 0 Å². The number of para-hydroxylation sites is 1. The maximum Gasteiger partial charge on any atom is 0.0444 e. The lowest BCUT2D eigenvalue weighted by molar-refractivity contribution is 0.758. The molecule has 0 heterocycles. The molecule has 2 rings (SSSR count). The van der Waals surface area contributed by atoms with Crippen molar-refractivity contribution in [3.05, 3.63) is 65.2 Å². The zero-order chi connectivity index (χ0) is 14.4. The first-order valence-corrected chi connectivity index (χ1v) is 7.33. The van der Waals surface area contributed by atoms with Gasteiger partial charge in [0.05, 0.1) is 0 Å². The van der Waals surface area contributed by atoms with Gasteiger partial charge < -0.3 is 10.6 Å². The van der Waals surface area contributed by atoms with Crippen molar-refractivity contribution in [3.63, 3.8) is 0 Å². The number of anilines is 1. The molecule has 0 saturated carbocycles. The molecule has 2 aromatic carbocycles. The smallest absolute Gasteiger partial charge is 0.0444 e. The van der Waals surface area contributed by atoms with Gasteiger partial charge in [-0.1, -0.05) is 55.5 Å². The molecular weight excluding hydrogens is 244 g/mol. The van der Waals surface area contributed by atoms with Gasteiger partial charge in [0, 0.05) is 25.3 Å². The van der Waals surface area contributed by atoms with Crippen LogP contribution in [0.5, 0.6) is 0 Å². The van der Waals surface area contributed by atoms with Gasteiger partial charge in [-0.25, -0.2) is 0 Å². The van der Waals surface area contributed by atoms with Crippen LogP contribution in [0, 0.1) is 6.92 Å². The molecule has 106 valence electrons. The van der Waals surface area contributed by atoms with E-state index in [9.17, 15) is 0 Å². The Kier molecular flexibility index (Phi) is 5.19. The van der Waals surface area contributed by atoms with Gasteiger partial charge in [0.1, 0.15) is 0 Å². The summed E-state index contributed by atoms with van der Waals surface area (Å²) in [5.74, 6) is 0. The lowest BCUT2D eigenvalue weighted by atomic mass is 10.1. The fraction of sp³-hybridized carbons (Fsp3) is 0.333. The topological polar surface area (TPSA) is 29.3 Å². The van der Waals surface area contributed by atoms with Gasteiger partial charge in [-0.3, -0.25) is 0 Å². The normalized spacial score (nSPS) is 10.6. The van der Waals surface area contributed by atoms with Crippen molar-refractivity contribution in [1.82, 2.24) is 0 Å². The molecule has 0 saturated heterocycles. The van der Waals surface area contributed by atoms with E-state index in [1.54, 1.807) is 0 Å². The Hall–Kier alpha value is -1.80. The summed E-state index contributed by atoms with van der Waals surface area (Å²) in [5, 5.41) is 0. The maximum absolute atomic E-state index is 5.92. The predicted octanol–water partition coefficient (Wildman–Crippen LogP) is 3.87. The van der Waals surface area contributed by atoms with Crippen LogP contribution >= 0.6 is 0 Å². The summed E-state index contributed by atoms with van der Waals surface area (Å²) in [5.41, 5.74) is 11.1. The molecule has 0 bridgehead atoms. The average molecular weight is 268 g/mol. The molecule has 0 aliphatic heterocycles. The van der Waals surface area contributed by atoms with Crippen LogP contribution in [0.3, 0.4) is 0 Å². The fourth-order valence-corrected chi connectivity index (χ4v) is 2.68. The molecule has 0 fully saturated rings. The molecule has 0 radical (unpaired) electrons. The van der Waals surface area contributed by atoms with E-state index in [4.69, 9.17) is 5.73 Å². The van der Waals surface area contributed by atoms with Crippen molar-refractivity contribution < 1.29 is 0 Å². The third-order valence-corrected chi connectivity index (χ3v) is 3.57. The lowest BCUT2D eigenvalue weighted by Crippen LogP contribution is -2.26. The largest absolute Gasteiger partial charge is 0.367 e. The van der Waals surface area contributed by atoms with Gasteiger partial charge in [0.25, 0.3) is 0 Å². The molecule has 0 aliphatic carbocycles. The number of hydrogen-bond acceptors (Lipinski definition) is 2. The molecule has 2 N–H and O–H groups in total. The van der Waals surface area contributed by atoms with E-state index < -0.39 is 0 Å². The molecule has 0 aliphatic rings. The second-order valence-corrected chi connectivity index (χ2v) is 5.19. The predicted molar refractivity (Wildman–Crippen MR) is 86.9 cm³/mol. The van der Waals surface area contributed by atoms with Crippen molar-refractivity contribution in [1.29, 1.82) is 0 Å². The van der Waals surface area contributed by atoms with Crippen molar-refractivity contribution in [2.45, 2.75) is 33.4 Å². The molecule has 0 atom stereocenters. The molecule has 0 amide bonds. The summed E-state index contributed by atoms with van der Waals surface area (Å²) < 4.78 is 0. The lowest BCUT2D eigenvalue weighted by Gasteiger charge is -2.28. The minimum atomic E-state index is 0.589. The molecule has 2 nitrogen and oxygen atoms in total. The zero-order valence-electron chi connectivity index (χ0n) is 12.5. The number of rotatable bonds is 6. The van der Waals surface area contributed by atoms with E-state index in [0.29, 0.717) is 6.54 Å². The maximum atomic E-state index is 5.92. The van der Waals surface area contributed by atoms with Crippen LogP contribution in [0.15, 0.2) is 48.5 Å². The van der Waals surface area contributed by atoms with Crippen molar-refractivity contribution >= 4 is 5.69 Å². The fourth-order valence-electron chi connectivity index (χ4n) is 2.68. The third kappa shape index (κ3) is 3.40. The standard InChI is InChI=1S/C18H24N2/c1-3-12-20(14-16-9-5-4-6-10-16)18-15(2)8-7-11-17(18)13-19/h4-11H,3,12-14,19H2,1-2H3. The number of nitrogens with two attached hydrogens (primary N) is 1. The van der Waals surface area contributed by atoms with Crippen LogP contribution in [0.25, 0.3) is 0 Å². The van der Waals surface area contributed by atoms with E-state index >= 15 is 0 Å². The van der Waals surface area contributed by atoms with Crippen LogP contribution in [0.2, 0.25) is 0 Å². The minimum absolute atomic E-state index is 0.589. The van der Waals surface area contributed by atoms with Gasteiger partial charge in [-0.15, -0.1) is 0 Å². The third-order valence-electron chi connectivity index (χ3n) is 3.57. The van der Waals surface area contributed by atoms with E-state index in [0.717, 1.165) is 19.5 Å². The SMILES string of the molecule is CCCN(Cc1ccccc1)c1c(C)cccc1CN. The van der Waals surface area contributed by atoms with Crippen LogP contribution in [0.4, 0.5) is 5.69 Å². The highest BCUT2D eigenvalue weighted by atomic mass is 15.1. The monoisotopic (exact) mass is 268 g/mol. The van der Waals surface area contributed by atoms with Gasteiger partial charge in [-0.05, 0) is 30.0 Å². The molecular formula is C18H24N2. The van der Waals surface area contributed by atoms with Gasteiger partial charge in [0.2, 0.25) is 0 Å². The highest BCUT2D eigenvalue weighted by Gasteiger charge is 2.13. The summed E-state index contributed by atoms with van der Waals surface area (Å²) in [6.07, 6.45) is 1.13.